The van der Waals surface area contributed by atoms with E-state index in [1.54, 1.807) is 17.1 Å². The zero-order valence-electron chi connectivity index (χ0n) is 11.7. The average Bonchev–Trinajstić information content (AvgIpc) is 2.92. The van der Waals surface area contributed by atoms with Crippen molar-refractivity contribution in [3.63, 3.8) is 0 Å². The summed E-state index contributed by atoms with van der Waals surface area (Å²) in [5.41, 5.74) is 11.4. The van der Waals surface area contributed by atoms with E-state index in [0.717, 1.165) is 28.3 Å². The van der Waals surface area contributed by atoms with Crippen LogP contribution in [0.25, 0.3) is 16.9 Å². The first-order valence-electron chi connectivity index (χ1n) is 6.34. The Hall–Kier alpha value is -2.63. The third kappa shape index (κ3) is 1.85. The fraction of sp³-hybridized carbons (Fsp3) is 0.214. The van der Waals surface area contributed by atoms with E-state index >= 15 is 0 Å². The van der Waals surface area contributed by atoms with Crippen LogP contribution in [0.2, 0.25) is 0 Å². The number of nitrogens with two attached hydrogens (primary N) is 1. The van der Waals surface area contributed by atoms with Gasteiger partial charge in [-0.15, -0.1) is 0 Å². The minimum absolute atomic E-state index is 0.640. The molecule has 0 atom stereocenters. The van der Waals surface area contributed by atoms with Crippen molar-refractivity contribution in [1.29, 1.82) is 0 Å². The quantitative estimate of drug-likeness (QED) is 0.770. The van der Waals surface area contributed by atoms with Gasteiger partial charge in [-0.2, -0.15) is 10.2 Å². The molecule has 0 aromatic carbocycles. The van der Waals surface area contributed by atoms with Crippen molar-refractivity contribution < 1.29 is 0 Å². The summed E-state index contributed by atoms with van der Waals surface area (Å²) in [7, 11) is 1.92. The third-order valence-corrected chi connectivity index (χ3v) is 3.42. The van der Waals surface area contributed by atoms with Crippen LogP contribution in [0, 0.1) is 13.8 Å². The molecule has 0 unspecified atom stereocenters. The highest BCUT2D eigenvalue weighted by Gasteiger charge is 2.18. The Morgan fingerprint density at radius 1 is 1.10 bits per heavy atom. The van der Waals surface area contributed by atoms with Crippen molar-refractivity contribution in [2.75, 3.05) is 5.73 Å². The van der Waals surface area contributed by atoms with Gasteiger partial charge in [-0.1, -0.05) is 0 Å². The number of aryl methyl sites for hydroxylation is 2. The number of rotatable bonds is 2. The highest BCUT2D eigenvalue weighted by Crippen LogP contribution is 2.30. The van der Waals surface area contributed by atoms with Crippen LogP contribution < -0.4 is 5.73 Å². The van der Waals surface area contributed by atoms with E-state index in [-0.39, 0.29) is 0 Å². The first kappa shape index (κ1) is 12.4. The minimum atomic E-state index is 0.640. The molecule has 0 radical (unpaired) electrons. The first-order chi connectivity index (χ1) is 9.58. The van der Waals surface area contributed by atoms with Crippen molar-refractivity contribution in [3.8, 4) is 16.9 Å². The molecule has 0 aliphatic rings. The fourth-order valence-electron chi connectivity index (χ4n) is 2.33. The highest BCUT2D eigenvalue weighted by atomic mass is 15.3. The molecule has 2 N–H and O–H groups in total. The first-order valence-corrected chi connectivity index (χ1v) is 6.34. The van der Waals surface area contributed by atoms with Crippen molar-refractivity contribution >= 4 is 5.69 Å². The highest BCUT2D eigenvalue weighted by molar-refractivity contribution is 5.75. The van der Waals surface area contributed by atoms with E-state index in [4.69, 9.17) is 5.73 Å². The predicted molar refractivity (Wildman–Crippen MR) is 77.4 cm³/mol. The lowest BCUT2D eigenvalue weighted by Crippen LogP contribution is -1.96. The lowest BCUT2D eigenvalue weighted by molar-refractivity contribution is 0.731. The Balaban J connectivity index is 2.15. The molecule has 6 nitrogen and oxygen atoms in total. The molecule has 0 bridgehead atoms. The Kier molecular flexibility index (Phi) is 2.78. The summed E-state index contributed by atoms with van der Waals surface area (Å²) in [6, 6.07) is 3.78. The maximum atomic E-state index is 6.12. The SMILES string of the molecule is Cc1nn(C)c(C)c1-c1nn(-c2ccncc2)cc1N. The summed E-state index contributed by atoms with van der Waals surface area (Å²) in [4.78, 5) is 4.00. The predicted octanol–water partition coefficient (Wildman–Crippen LogP) is 1.87. The Morgan fingerprint density at radius 3 is 2.40 bits per heavy atom. The lowest BCUT2D eigenvalue weighted by Gasteiger charge is -2.00. The van der Waals surface area contributed by atoms with Gasteiger partial charge >= 0.3 is 0 Å². The molecule has 0 fully saturated rings. The molecule has 0 aliphatic heterocycles. The fourth-order valence-corrected chi connectivity index (χ4v) is 2.33. The maximum absolute atomic E-state index is 6.12. The van der Waals surface area contributed by atoms with Gasteiger partial charge in [0.25, 0.3) is 0 Å². The molecule has 0 saturated carbocycles. The number of hydrogen-bond donors (Lipinski definition) is 1. The van der Waals surface area contributed by atoms with Crippen molar-refractivity contribution in [1.82, 2.24) is 24.5 Å². The number of pyridine rings is 1. The van der Waals surface area contributed by atoms with Crippen LogP contribution in [-0.2, 0) is 7.05 Å². The van der Waals surface area contributed by atoms with Gasteiger partial charge in [0.05, 0.1) is 23.3 Å². The lowest BCUT2D eigenvalue weighted by atomic mass is 10.1. The van der Waals surface area contributed by atoms with E-state index in [9.17, 15) is 0 Å². The molecule has 3 heterocycles. The smallest absolute Gasteiger partial charge is 0.119 e. The van der Waals surface area contributed by atoms with Crippen LogP contribution in [0.15, 0.2) is 30.7 Å². The minimum Gasteiger partial charge on any atom is -0.396 e. The van der Waals surface area contributed by atoms with Crippen LogP contribution in [0.5, 0.6) is 0 Å². The summed E-state index contributed by atoms with van der Waals surface area (Å²) in [5, 5.41) is 9.01. The van der Waals surface area contributed by atoms with Gasteiger partial charge < -0.3 is 5.73 Å². The van der Waals surface area contributed by atoms with E-state index in [2.05, 4.69) is 15.2 Å². The molecule has 20 heavy (non-hydrogen) atoms. The molecular formula is C14H16N6. The van der Waals surface area contributed by atoms with E-state index in [1.165, 1.54) is 0 Å². The van der Waals surface area contributed by atoms with E-state index in [1.807, 2.05) is 43.9 Å². The van der Waals surface area contributed by atoms with Crippen LogP contribution in [0.1, 0.15) is 11.4 Å². The molecule has 6 heteroatoms. The number of hydrogen-bond acceptors (Lipinski definition) is 4. The van der Waals surface area contributed by atoms with E-state index < -0.39 is 0 Å². The zero-order valence-corrected chi connectivity index (χ0v) is 11.7. The summed E-state index contributed by atoms with van der Waals surface area (Å²) < 4.78 is 3.60. The van der Waals surface area contributed by atoms with Crippen LogP contribution in [0.4, 0.5) is 5.69 Å². The Morgan fingerprint density at radius 2 is 1.80 bits per heavy atom. The average molecular weight is 268 g/mol. The van der Waals surface area contributed by atoms with Crippen molar-refractivity contribution in [3.05, 3.63) is 42.1 Å². The normalized spacial score (nSPS) is 10.9. The molecule has 0 spiro atoms. The van der Waals surface area contributed by atoms with E-state index in [0.29, 0.717) is 5.69 Å². The summed E-state index contributed by atoms with van der Waals surface area (Å²) >= 11 is 0. The molecule has 3 rings (SSSR count). The summed E-state index contributed by atoms with van der Waals surface area (Å²) in [6.07, 6.45) is 5.28. The Labute approximate surface area is 116 Å². The topological polar surface area (TPSA) is 74.5 Å². The number of nitrogen functional groups attached to an aromatic ring is 1. The largest absolute Gasteiger partial charge is 0.396 e. The molecule has 3 aromatic heterocycles. The second kappa shape index (κ2) is 4.48. The molecule has 0 aliphatic carbocycles. The second-order valence-electron chi connectivity index (χ2n) is 4.75. The van der Waals surface area contributed by atoms with Gasteiger partial charge in [0.2, 0.25) is 0 Å². The van der Waals surface area contributed by atoms with Crippen molar-refractivity contribution in [2.45, 2.75) is 13.8 Å². The Bertz CT molecular complexity index is 754. The van der Waals surface area contributed by atoms with Gasteiger partial charge in [0, 0.05) is 30.7 Å². The van der Waals surface area contributed by atoms with Crippen molar-refractivity contribution in [2.24, 2.45) is 7.05 Å². The third-order valence-electron chi connectivity index (χ3n) is 3.42. The van der Waals surface area contributed by atoms with Gasteiger partial charge in [0.15, 0.2) is 0 Å². The monoisotopic (exact) mass is 268 g/mol. The maximum Gasteiger partial charge on any atom is 0.119 e. The molecule has 0 amide bonds. The van der Waals surface area contributed by atoms with Crippen LogP contribution in [-0.4, -0.2) is 24.5 Å². The molecular weight excluding hydrogens is 252 g/mol. The van der Waals surface area contributed by atoms with Gasteiger partial charge in [-0.05, 0) is 26.0 Å². The molecule has 3 aromatic rings. The molecule has 102 valence electrons. The van der Waals surface area contributed by atoms with Gasteiger partial charge in [0.1, 0.15) is 5.69 Å². The van der Waals surface area contributed by atoms with Crippen LogP contribution >= 0.6 is 0 Å². The number of nitrogens with zero attached hydrogens (tertiary/aromatic N) is 5. The number of anilines is 1. The number of aromatic nitrogens is 5. The van der Waals surface area contributed by atoms with Gasteiger partial charge in [-0.3, -0.25) is 9.67 Å². The zero-order chi connectivity index (χ0) is 14.3. The second-order valence-corrected chi connectivity index (χ2v) is 4.75. The summed E-state index contributed by atoms with van der Waals surface area (Å²) in [5.74, 6) is 0. The molecule has 0 saturated heterocycles. The van der Waals surface area contributed by atoms with Gasteiger partial charge in [-0.25, -0.2) is 4.68 Å². The van der Waals surface area contributed by atoms with Crippen LogP contribution in [0.3, 0.4) is 0 Å². The summed E-state index contributed by atoms with van der Waals surface area (Å²) in [6.45, 7) is 3.98. The standard InChI is InChI=1S/C14H16N6/c1-9-13(10(2)19(3)17-9)14-12(15)8-20(18-14)11-4-6-16-7-5-11/h4-8H,15H2,1-3H3.